The van der Waals surface area contributed by atoms with E-state index < -0.39 is 0 Å². The Bertz CT molecular complexity index is 518. The van der Waals surface area contributed by atoms with Gasteiger partial charge >= 0.3 is 0 Å². The van der Waals surface area contributed by atoms with Gasteiger partial charge in [0.05, 0.1) is 11.1 Å². The van der Waals surface area contributed by atoms with Crippen molar-refractivity contribution in [2.24, 2.45) is 5.73 Å². The molecule has 17 heavy (non-hydrogen) atoms. The molecule has 1 aliphatic rings. The van der Waals surface area contributed by atoms with E-state index in [1.54, 1.807) is 0 Å². The average molecular weight is 225 g/mol. The molecule has 0 unspecified atom stereocenters. The molecule has 0 radical (unpaired) electrons. The van der Waals surface area contributed by atoms with E-state index in [0.29, 0.717) is 6.54 Å². The van der Waals surface area contributed by atoms with Gasteiger partial charge in [-0.15, -0.1) is 0 Å². The van der Waals surface area contributed by atoms with Crippen LogP contribution >= 0.6 is 0 Å². The summed E-state index contributed by atoms with van der Waals surface area (Å²) >= 11 is 0. The van der Waals surface area contributed by atoms with Crippen molar-refractivity contribution < 1.29 is 0 Å². The third-order valence-corrected chi connectivity index (χ3v) is 3.43. The highest BCUT2D eigenvalue weighted by Crippen LogP contribution is 2.51. The van der Waals surface area contributed by atoms with E-state index in [-0.39, 0.29) is 5.41 Å². The summed E-state index contributed by atoms with van der Waals surface area (Å²) in [7, 11) is 0. The number of nitrogens with zero attached hydrogens (tertiary/aromatic N) is 2. The molecule has 3 rings (SSSR count). The predicted octanol–water partition coefficient (Wildman–Crippen LogP) is 2.02. The smallest absolute Gasteiger partial charge is 0.139 e. The fourth-order valence-electron chi connectivity index (χ4n) is 2.26. The van der Waals surface area contributed by atoms with E-state index in [0.717, 1.165) is 24.4 Å². The number of benzene rings is 1. The van der Waals surface area contributed by atoms with Gasteiger partial charge in [0, 0.05) is 12.7 Å². The zero-order valence-corrected chi connectivity index (χ0v) is 9.63. The Labute approximate surface area is 101 Å². The van der Waals surface area contributed by atoms with Crippen molar-refractivity contribution in [1.82, 2.24) is 9.97 Å². The summed E-state index contributed by atoms with van der Waals surface area (Å²) < 4.78 is 0. The molecule has 0 aliphatic heterocycles. The lowest BCUT2D eigenvalue weighted by molar-refractivity contribution is 0.738. The van der Waals surface area contributed by atoms with Crippen molar-refractivity contribution in [3.05, 3.63) is 59.7 Å². The SMILES string of the molecule is NCc1ccnc(C2(c3ccccc3)CC2)n1. The highest BCUT2D eigenvalue weighted by Gasteiger charge is 2.48. The van der Waals surface area contributed by atoms with Crippen LogP contribution < -0.4 is 5.73 Å². The lowest BCUT2D eigenvalue weighted by Gasteiger charge is -2.14. The van der Waals surface area contributed by atoms with Crippen molar-refractivity contribution >= 4 is 0 Å². The fourth-order valence-corrected chi connectivity index (χ4v) is 2.26. The van der Waals surface area contributed by atoms with Gasteiger partial charge in [0.1, 0.15) is 5.82 Å². The van der Waals surface area contributed by atoms with Crippen LogP contribution in [-0.2, 0) is 12.0 Å². The van der Waals surface area contributed by atoms with E-state index in [1.165, 1.54) is 5.56 Å². The van der Waals surface area contributed by atoms with Crippen molar-refractivity contribution in [3.8, 4) is 0 Å². The zero-order valence-electron chi connectivity index (χ0n) is 9.63. The number of hydrogen-bond acceptors (Lipinski definition) is 3. The topological polar surface area (TPSA) is 51.8 Å². The molecule has 1 aromatic heterocycles. The molecule has 86 valence electrons. The molecule has 2 aromatic rings. The molecule has 1 saturated carbocycles. The van der Waals surface area contributed by atoms with Gasteiger partial charge in [-0.25, -0.2) is 9.97 Å². The first kappa shape index (κ1) is 10.4. The van der Waals surface area contributed by atoms with Gasteiger partial charge in [0.15, 0.2) is 0 Å². The van der Waals surface area contributed by atoms with E-state index in [4.69, 9.17) is 5.73 Å². The first-order chi connectivity index (χ1) is 8.35. The van der Waals surface area contributed by atoms with Crippen molar-refractivity contribution in [2.45, 2.75) is 24.8 Å². The third kappa shape index (κ3) is 1.72. The Morgan fingerprint density at radius 3 is 2.53 bits per heavy atom. The summed E-state index contributed by atoms with van der Waals surface area (Å²) in [4.78, 5) is 9.00. The normalized spacial score (nSPS) is 16.8. The first-order valence-corrected chi connectivity index (χ1v) is 5.93. The number of aromatic nitrogens is 2. The van der Waals surface area contributed by atoms with Gasteiger partial charge < -0.3 is 5.73 Å². The number of nitrogens with two attached hydrogens (primary N) is 1. The van der Waals surface area contributed by atoms with E-state index in [1.807, 2.05) is 18.3 Å². The van der Waals surface area contributed by atoms with Crippen LogP contribution in [0, 0.1) is 0 Å². The van der Waals surface area contributed by atoms with Crippen LogP contribution in [0.1, 0.15) is 29.9 Å². The van der Waals surface area contributed by atoms with Crippen molar-refractivity contribution in [2.75, 3.05) is 0 Å². The van der Waals surface area contributed by atoms with Gasteiger partial charge in [0.25, 0.3) is 0 Å². The average Bonchev–Trinajstić information content (AvgIpc) is 3.21. The minimum absolute atomic E-state index is 0.0481. The van der Waals surface area contributed by atoms with Crippen LogP contribution in [0.3, 0.4) is 0 Å². The molecule has 0 spiro atoms. The molecule has 3 heteroatoms. The lowest BCUT2D eigenvalue weighted by atomic mass is 9.95. The quantitative estimate of drug-likeness (QED) is 0.869. The maximum atomic E-state index is 5.63. The molecule has 2 N–H and O–H groups in total. The molecule has 0 bridgehead atoms. The van der Waals surface area contributed by atoms with Crippen molar-refractivity contribution in [3.63, 3.8) is 0 Å². The van der Waals surface area contributed by atoms with Gasteiger partial charge in [-0.2, -0.15) is 0 Å². The fraction of sp³-hybridized carbons (Fsp3) is 0.286. The Balaban J connectivity index is 2.03. The van der Waals surface area contributed by atoms with E-state index in [2.05, 4.69) is 34.2 Å². The summed E-state index contributed by atoms with van der Waals surface area (Å²) in [6, 6.07) is 12.4. The summed E-state index contributed by atoms with van der Waals surface area (Å²) in [5.74, 6) is 0.923. The van der Waals surface area contributed by atoms with E-state index >= 15 is 0 Å². The Morgan fingerprint density at radius 1 is 1.12 bits per heavy atom. The van der Waals surface area contributed by atoms with Crippen LogP contribution in [0.5, 0.6) is 0 Å². The largest absolute Gasteiger partial charge is 0.325 e. The van der Waals surface area contributed by atoms with E-state index in [9.17, 15) is 0 Å². The number of rotatable bonds is 3. The monoisotopic (exact) mass is 225 g/mol. The summed E-state index contributed by atoms with van der Waals surface area (Å²) in [5.41, 5.74) is 7.91. The zero-order chi connectivity index (χ0) is 11.7. The van der Waals surface area contributed by atoms with Gasteiger partial charge in [-0.3, -0.25) is 0 Å². The van der Waals surface area contributed by atoms with Gasteiger partial charge in [-0.05, 0) is 24.5 Å². The standard InChI is InChI=1S/C14H15N3/c15-10-12-6-9-16-13(17-12)14(7-8-14)11-4-2-1-3-5-11/h1-6,9H,7-8,10,15H2. The second-order valence-electron chi connectivity index (χ2n) is 4.52. The Kier molecular flexibility index (Phi) is 2.41. The molecule has 1 heterocycles. The third-order valence-electron chi connectivity index (χ3n) is 3.43. The molecular formula is C14H15N3. The minimum Gasteiger partial charge on any atom is -0.325 e. The van der Waals surface area contributed by atoms with Crippen LogP contribution in [-0.4, -0.2) is 9.97 Å². The van der Waals surface area contributed by atoms with Crippen LogP contribution in [0.25, 0.3) is 0 Å². The highest BCUT2D eigenvalue weighted by atomic mass is 14.9. The van der Waals surface area contributed by atoms with Gasteiger partial charge in [0.2, 0.25) is 0 Å². The predicted molar refractivity (Wildman–Crippen MR) is 66.4 cm³/mol. The summed E-state index contributed by atoms with van der Waals surface area (Å²) in [6.07, 6.45) is 4.07. The molecule has 3 nitrogen and oxygen atoms in total. The van der Waals surface area contributed by atoms with Crippen LogP contribution in [0.2, 0.25) is 0 Å². The molecular weight excluding hydrogens is 210 g/mol. The molecule has 0 saturated heterocycles. The molecule has 0 atom stereocenters. The molecule has 1 aromatic carbocycles. The molecule has 1 fully saturated rings. The second-order valence-corrected chi connectivity index (χ2v) is 4.52. The van der Waals surface area contributed by atoms with Crippen LogP contribution in [0.4, 0.5) is 0 Å². The van der Waals surface area contributed by atoms with Crippen molar-refractivity contribution in [1.29, 1.82) is 0 Å². The summed E-state index contributed by atoms with van der Waals surface area (Å²) in [5, 5.41) is 0. The molecule has 0 amide bonds. The lowest BCUT2D eigenvalue weighted by Crippen LogP contribution is -2.15. The number of hydrogen-bond donors (Lipinski definition) is 1. The second kappa shape index (κ2) is 3.93. The Hall–Kier alpha value is -1.74. The first-order valence-electron chi connectivity index (χ1n) is 5.93. The minimum atomic E-state index is 0.0481. The molecule has 1 aliphatic carbocycles. The maximum absolute atomic E-state index is 5.63. The Morgan fingerprint density at radius 2 is 1.88 bits per heavy atom. The van der Waals surface area contributed by atoms with Crippen LogP contribution in [0.15, 0.2) is 42.6 Å². The summed E-state index contributed by atoms with van der Waals surface area (Å²) in [6.45, 7) is 0.473. The highest BCUT2D eigenvalue weighted by molar-refractivity contribution is 5.39. The maximum Gasteiger partial charge on any atom is 0.139 e. The van der Waals surface area contributed by atoms with Gasteiger partial charge in [-0.1, -0.05) is 30.3 Å².